The summed E-state index contributed by atoms with van der Waals surface area (Å²) in [6, 6.07) is 0. The van der Waals surface area contributed by atoms with Crippen LogP contribution in [0, 0.1) is 5.92 Å². The minimum atomic E-state index is 0.637. The Balaban J connectivity index is 4.14. The molecule has 1 nitrogen and oxygen atoms in total. The van der Waals surface area contributed by atoms with Crippen molar-refractivity contribution in [2.75, 3.05) is 0 Å². The van der Waals surface area contributed by atoms with Crippen LogP contribution >= 0.6 is 0 Å². The van der Waals surface area contributed by atoms with Crippen molar-refractivity contribution < 1.29 is 0 Å². The summed E-state index contributed by atoms with van der Waals surface area (Å²) in [6.45, 7) is 8.62. The fraction of sp³-hybridized carbons (Fsp3) is 0.625. The molecule has 0 spiro atoms. The van der Waals surface area contributed by atoms with Crippen molar-refractivity contribution in [3.63, 3.8) is 0 Å². The molecule has 1 unspecified atom stereocenters. The molecule has 0 aromatic rings. The zero-order chi connectivity index (χ0) is 13.1. The molecule has 0 rings (SSSR count). The molecule has 0 saturated heterocycles. The molecule has 0 aliphatic carbocycles. The minimum absolute atomic E-state index is 0.637. The van der Waals surface area contributed by atoms with Gasteiger partial charge in [-0.25, -0.2) is 0 Å². The summed E-state index contributed by atoms with van der Waals surface area (Å²) in [5, 5.41) is 0. The van der Waals surface area contributed by atoms with Crippen LogP contribution in [0.2, 0.25) is 0 Å². The highest BCUT2D eigenvalue weighted by atomic mass is 14.5. The number of unbranched alkanes of at least 4 members (excludes halogenated alkanes) is 3. The van der Waals surface area contributed by atoms with Crippen LogP contribution in [0.25, 0.3) is 0 Å². The Morgan fingerprint density at radius 3 is 2.29 bits per heavy atom. The Morgan fingerprint density at radius 2 is 1.76 bits per heavy atom. The van der Waals surface area contributed by atoms with Crippen LogP contribution in [0.15, 0.2) is 35.6 Å². The summed E-state index contributed by atoms with van der Waals surface area (Å²) in [6.07, 6.45) is 14.9. The third kappa shape index (κ3) is 7.84. The molecule has 0 radical (unpaired) electrons. The van der Waals surface area contributed by atoms with Gasteiger partial charge in [-0.05, 0) is 37.8 Å². The van der Waals surface area contributed by atoms with Crippen molar-refractivity contribution in [1.29, 1.82) is 0 Å². The maximum absolute atomic E-state index is 5.76. The molecule has 0 amide bonds. The fourth-order valence-corrected chi connectivity index (χ4v) is 1.88. The van der Waals surface area contributed by atoms with Gasteiger partial charge in [-0.1, -0.05) is 57.8 Å². The number of nitrogens with two attached hydrogens (primary N) is 1. The third-order valence-corrected chi connectivity index (χ3v) is 3.19. The van der Waals surface area contributed by atoms with E-state index in [0.29, 0.717) is 5.92 Å². The topological polar surface area (TPSA) is 26.0 Å². The highest BCUT2D eigenvalue weighted by Gasteiger charge is 2.04. The van der Waals surface area contributed by atoms with Crippen molar-refractivity contribution in [3.8, 4) is 0 Å². The van der Waals surface area contributed by atoms with Crippen LogP contribution in [0.5, 0.6) is 0 Å². The van der Waals surface area contributed by atoms with Gasteiger partial charge in [0.2, 0.25) is 0 Å². The minimum Gasteiger partial charge on any atom is -0.399 e. The smallest absolute Gasteiger partial charge is 0.0270 e. The van der Waals surface area contributed by atoms with Gasteiger partial charge >= 0.3 is 0 Å². The molecule has 0 saturated carbocycles. The maximum Gasteiger partial charge on any atom is 0.0270 e. The van der Waals surface area contributed by atoms with Gasteiger partial charge < -0.3 is 5.73 Å². The molecule has 0 aliphatic rings. The number of rotatable bonds is 8. The first-order valence-electron chi connectivity index (χ1n) is 6.91. The molecule has 0 fully saturated rings. The standard InChI is InChI=1S/C16H29N/c1-5-8-9-10-11-14(4)15(6-2)12-13-16(17)7-3/h6-7,12-14H,5,8-11,17H2,1-4H3/b13-12-,15-6+,16-7+. The van der Waals surface area contributed by atoms with Gasteiger partial charge in [-0.3, -0.25) is 0 Å². The molecule has 17 heavy (non-hydrogen) atoms. The van der Waals surface area contributed by atoms with Gasteiger partial charge in [-0.2, -0.15) is 0 Å². The molecule has 0 bridgehead atoms. The first-order chi connectivity index (χ1) is 8.15. The van der Waals surface area contributed by atoms with E-state index in [1.54, 1.807) is 0 Å². The average molecular weight is 235 g/mol. The predicted molar refractivity (Wildman–Crippen MR) is 78.8 cm³/mol. The van der Waals surface area contributed by atoms with Gasteiger partial charge in [-0.15, -0.1) is 0 Å². The quantitative estimate of drug-likeness (QED) is 0.467. The first kappa shape index (κ1) is 16.0. The summed E-state index contributed by atoms with van der Waals surface area (Å²) in [7, 11) is 0. The Morgan fingerprint density at radius 1 is 1.06 bits per heavy atom. The summed E-state index contributed by atoms with van der Waals surface area (Å²) in [5.74, 6) is 0.637. The molecule has 0 aromatic heterocycles. The highest BCUT2D eigenvalue weighted by molar-refractivity contribution is 5.27. The lowest BCUT2D eigenvalue weighted by Gasteiger charge is -2.12. The average Bonchev–Trinajstić information content (AvgIpc) is 2.35. The molecular weight excluding hydrogens is 206 g/mol. The van der Waals surface area contributed by atoms with Crippen LogP contribution in [0.4, 0.5) is 0 Å². The largest absolute Gasteiger partial charge is 0.399 e. The Labute approximate surface area is 107 Å². The van der Waals surface area contributed by atoms with Crippen molar-refractivity contribution in [1.82, 2.24) is 0 Å². The van der Waals surface area contributed by atoms with Crippen LogP contribution in [-0.4, -0.2) is 0 Å². The molecule has 0 aliphatic heterocycles. The second-order valence-corrected chi connectivity index (χ2v) is 4.66. The number of allylic oxidation sites excluding steroid dienone is 5. The van der Waals surface area contributed by atoms with Crippen LogP contribution in [-0.2, 0) is 0 Å². The van der Waals surface area contributed by atoms with E-state index in [1.807, 2.05) is 19.1 Å². The Kier molecular flexibility index (Phi) is 9.60. The summed E-state index contributed by atoms with van der Waals surface area (Å²) < 4.78 is 0. The van der Waals surface area contributed by atoms with Gasteiger partial charge in [0.1, 0.15) is 0 Å². The van der Waals surface area contributed by atoms with E-state index in [-0.39, 0.29) is 0 Å². The van der Waals surface area contributed by atoms with E-state index < -0.39 is 0 Å². The Bertz CT molecular complexity index is 271. The molecule has 0 aromatic carbocycles. The lowest BCUT2D eigenvalue weighted by Crippen LogP contribution is -1.99. The van der Waals surface area contributed by atoms with E-state index >= 15 is 0 Å². The number of hydrogen-bond donors (Lipinski definition) is 1. The van der Waals surface area contributed by atoms with Gasteiger partial charge in [0.15, 0.2) is 0 Å². The van der Waals surface area contributed by atoms with E-state index in [1.165, 1.54) is 37.7 Å². The van der Waals surface area contributed by atoms with E-state index in [0.717, 1.165) is 5.70 Å². The van der Waals surface area contributed by atoms with Crippen LogP contribution in [0.1, 0.15) is 59.8 Å². The van der Waals surface area contributed by atoms with Crippen molar-refractivity contribution in [2.24, 2.45) is 11.7 Å². The second kappa shape index (κ2) is 10.2. The van der Waals surface area contributed by atoms with Gasteiger partial charge in [0, 0.05) is 5.70 Å². The Hall–Kier alpha value is -0.980. The first-order valence-corrected chi connectivity index (χ1v) is 6.91. The zero-order valence-electron chi connectivity index (χ0n) is 12.0. The van der Waals surface area contributed by atoms with Crippen LogP contribution < -0.4 is 5.73 Å². The summed E-state index contributed by atoms with van der Waals surface area (Å²) in [4.78, 5) is 0. The predicted octanol–water partition coefficient (Wildman–Crippen LogP) is 4.96. The lowest BCUT2D eigenvalue weighted by molar-refractivity contribution is 0.548. The molecule has 1 heteroatoms. The third-order valence-electron chi connectivity index (χ3n) is 3.19. The molecule has 0 heterocycles. The normalized spacial score (nSPS) is 15.5. The molecule has 1 atom stereocenters. The molecular formula is C16H29N. The monoisotopic (exact) mass is 235 g/mol. The summed E-state index contributed by atoms with van der Waals surface area (Å²) >= 11 is 0. The van der Waals surface area contributed by atoms with E-state index in [2.05, 4.69) is 32.9 Å². The van der Waals surface area contributed by atoms with Crippen molar-refractivity contribution in [2.45, 2.75) is 59.8 Å². The van der Waals surface area contributed by atoms with E-state index in [9.17, 15) is 0 Å². The van der Waals surface area contributed by atoms with Gasteiger partial charge in [0.25, 0.3) is 0 Å². The second-order valence-electron chi connectivity index (χ2n) is 4.66. The van der Waals surface area contributed by atoms with E-state index in [4.69, 9.17) is 5.73 Å². The van der Waals surface area contributed by atoms with Crippen molar-refractivity contribution in [3.05, 3.63) is 35.6 Å². The summed E-state index contributed by atoms with van der Waals surface area (Å²) in [5.41, 5.74) is 7.99. The molecule has 98 valence electrons. The lowest BCUT2D eigenvalue weighted by atomic mass is 9.94. The van der Waals surface area contributed by atoms with Gasteiger partial charge in [0.05, 0.1) is 0 Å². The van der Waals surface area contributed by atoms with Crippen molar-refractivity contribution >= 4 is 0 Å². The highest BCUT2D eigenvalue weighted by Crippen LogP contribution is 2.19. The number of hydrogen-bond acceptors (Lipinski definition) is 1. The molecule has 2 N–H and O–H groups in total. The SMILES string of the molecule is C\C=C(/C=C\C(N)=C/C)C(C)CCCCCC. The fourth-order valence-electron chi connectivity index (χ4n) is 1.88. The zero-order valence-corrected chi connectivity index (χ0v) is 12.0. The van der Waals surface area contributed by atoms with Crippen LogP contribution in [0.3, 0.4) is 0 Å². The maximum atomic E-state index is 5.76.